The first-order valence-corrected chi connectivity index (χ1v) is 11.4. The zero-order chi connectivity index (χ0) is 21.6. The molecule has 4 heterocycles. The number of aromatic nitrogens is 2. The lowest BCUT2D eigenvalue weighted by molar-refractivity contribution is -0.120. The van der Waals surface area contributed by atoms with Crippen LogP contribution >= 0.6 is 11.6 Å². The van der Waals surface area contributed by atoms with Gasteiger partial charge in [-0.2, -0.15) is 0 Å². The van der Waals surface area contributed by atoms with E-state index in [-0.39, 0.29) is 11.8 Å². The summed E-state index contributed by atoms with van der Waals surface area (Å²) in [4.78, 5) is 21.4. The molecule has 2 aromatic heterocycles. The molecule has 3 N–H and O–H groups in total. The summed E-state index contributed by atoms with van der Waals surface area (Å²) in [5, 5.41) is 10.3. The Hall–Kier alpha value is -2.22. The van der Waals surface area contributed by atoms with Gasteiger partial charge < -0.3 is 20.7 Å². The van der Waals surface area contributed by atoms with Gasteiger partial charge in [-0.25, -0.2) is 4.98 Å². The molecule has 2 fully saturated rings. The molecule has 0 spiro atoms. The van der Waals surface area contributed by atoms with Crippen molar-refractivity contribution in [2.24, 2.45) is 11.8 Å². The number of aryl methyl sites for hydroxylation is 1. The van der Waals surface area contributed by atoms with Crippen LogP contribution in [-0.4, -0.2) is 48.7 Å². The number of ether oxygens (including phenoxy) is 1. The average Bonchev–Trinajstić information content (AvgIpc) is 2.81. The lowest BCUT2D eigenvalue weighted by atomic mass is 9.99. The molecule has 31 heavy (non-hydrogen) atoms. The third-order valence-electron chi connectivity index (χ3n) is 6.09. The van der Waals surface area contributed by atoms with Gasteiger partial charge in [-0.1, -0.05) is 11.6 Å². The number of piperidine rings is 1. The summed E-state index contributed by atoms with van der Waals surface area (Å²) in [7, 11) is 0. The standard InChI is InChI=1S/C23H30ClN5O2/c1-15-21(27-11-16-4-7-31-8-5-16)9-18(13-26-15)19-10-22(28-14-20(19)24)29-23(30)17-3-2-6-25-12-17/h9-10,13-14,16-17,25,27H,2-8,11-12H2,1H3,(H,28,29,30)/t17-/m1/s1. The maximum absolute atomic E-state index is 12.6. The molecule has 2 aliphatic heterocycles. The number of anilines is 2. The third kappa shape index (κ3) is 5.73. The lowest BCUT2D eigenvalue weighted by Crippen LogP contribution is -2.37. The van der Waals surface area contributed by atoms with Gasteiger partial charge in [0.2, 0.25) is 5.91 Å². The largest absolute Gasteiger partial charge is 0.383 e. The van der Waals surface area contributed by atoms with E-state index in [1.165, 1.54) is 0 Å². The van der Waals surface area contributed by atoms with Crippen LogP contribution in [0.15, 0.2) is 24.5 Å². The second kappa shape index (κ2) is 10.4. The summed E-state index contributed by atoms with van der Waals surface area (Å²) in [6, 6.07) is 3.89. The molecule has 0 saturated carbocycles. The minimum absolute atomic E-state index is 0.00572. The number of rotatable bonds is 6. The van der Waals surface area contributed by atoms with Crippen LogP contribution in [0.1, 0.15) is 31.4 Å². The van der Waals surface area contributed by atoms with Crippen LogP contribution in [-0.2, 0) is 9.53 Å². The summed E-state index contributed by atoms with van der Waals surface area (Å²) in [6.07, 6.45) is 7.46. The van der Waals surface area contributed by atoms with E-state index in [4.69, 9.17) is 16.3 Å². The Morgan fingerprint density at radius 2 is 2.06 bits per heavy atom. The van der Waals surface area contributed by atoms with Crippen molar-refractivity contribution in [1.29, 1.82) is 0 Å². The molecule has 2 aromatic rings. The number of halogens is 1. The van der Waals surface area contributed by atoms with Crippen molar-refractivity contribution in [3.8, 4) is 11.1 Å². The van der Waals surface area contributed by atoms with E-state index in [1.54, 1.807) is 6.20 Å². The molecule has 2 saturated heterocycles. The van der Waals surface area contributed by atoms with Crippen LogP contribution in [0, 0.1) is 18.8 Å². The van der Waals surface area contributed by atoms with E-state index in [9.17, 15) is 4.79 Å². The van der Waals surface area contributed by atoms with Crippen LogP contribution in [0.2, 0.25) is 5.02 Å². The van der Waals surface area contributed by atoms with Gasteiger partial charge in [0, 0.05) is 49.8 Å². The minimum Gasteiger partial charge on any atom is -0.383 e. The minimum atomic E-state index is -0.0308. The number of nitrogens with one attached hydrogen (secondary N) is 3. The van der Waals surface area contributed by atoms with Gasteiger partial charge >= 0.3 is 0 Å². The molecular weight excluding hydrogens is 414 g/mol. The molecule has 7 nitrogen and oxygen atoms in total. The second-order valence-corrected chi connectivity index (χ2v) is 8.78. The number of hydrogen-bond acceptors (Lipinski definition) is 6. The average molecular weight is 444 g/mol. The van der Waals surface area contributed by atoms with Gasteiger partial charge in [0.1, 0.15) is 5.82 Å². The molecule has 0 radical (unpaired) electrons. The Morgan fingerprint density at radius 3 is 2.84 bits per heavy atom. The maximum Gasteiger partial charge on any atom is 0.229 e. The first kappa shape index (κ1) is 22.0. The second-order valence-electron chi connectivity index (χ2n) is 8.38. The number of carbonyl (C=O) groups excluding carboxylic acids is 1. The maximum atomic E-state index is 12.6. The van der Waals surface area contributed by atoms with Gasteiger partial charge in [-0.05, 0) is 57.2 Å². The Balaban J connectivity index is 1.48. The monoisotopic (exact) mass is 443 g/mol. The van der Waals surface area contributed by atoms with Crippen molar-refractivity contribution in [2.75, 3.05) is 43.5 Å². The van der Waals surface area contributed by atoms with Gasteiger partial charge in [0.15, 0.2) is 0 Å². The van der Waals surface area contributed by atoms with Crippen molar-refractivity contribution in [3.05, 3.63) is 35.2 Å². The molecule has 0 aromatic carbocycles. The third-order valence-corrected chi connectivity index (χ3v) is 6.40. The predicted octanol–water partition coefficient (Wildman–Crippen LogP) is 3.88. The summed E-state index contributed by atoms with van der Waals surface area (Å²) < 4.78 is 5.45. The lowest BCUT2D eigenvalue weighted by Gasteiger charge is -2.23. The van der Waals surface area contributed by atoms with Crippen LogP contribution in [0.25, 0.3) is 11.1 Å². The van der Waals surface area contributed by atoms with Crippen molar-refractivity contribution < 1.29 is 9.53 Å². The quantitative estimate of drug-likeness (QED) is 0.627. The molecule has 0 unspecified atom stereocenters. The Labute approximate surface area is 188 Å². The van der Waals surface area contributed by atoms with E-state index in [1.807, 2.05) is 19.2 Å². The molecule has 2 aliphatic rings. The van der Waals surface area contributed by atoms with Crippen molar-refractivity contribution in [1.82, 2.24) is 15.3 Å². The highest BCUT2D eigenvalue weighted by Crippen LogP contribution is 2.31. The first-order valence-electron chi connectivity index (χ1n) is 11.1. The number of hydrogen-bond donors (Lipinski definition) is 3. The zero-order valence-corrected chi connectivity index (χ0v) is 18.7. The van der Waals surface area contributed by atoms with Gasteiger partial charge in [0.25, 0.3) is 0 Å². The molecule has 4 rings (SSSR count). The van der Waals surface area contributed by atoms with Crippen LogP contribution in [0.5, 0.6) is 0 Å². The van der Waals surface area contributed by atoms with Crippen LogP contribution in [0.3, 0.4) is 0 Å². The fourth-order valence-corrected chi connectivity index (χ4v) is 4.31. The highest BCUT2D eigenvalue weighted by molar-refractivity contribution is 6.33. The summed E-state index contributed by atoms with van der Waals surface area (Å²) >= 11 is 6.46. The number of pyridine rings is 2. The van der Waals surface area contributed by atoms with E-state index < -0.39 is 0 Å². The van der Waals surface area contributed by atoms with Gasteiger partial charge in [0.05, 0.1) is 22.3 Å². The molecule has 1 amide bonds. The number of carbonyl (C=O) groups is 1. The topological polar surface area (TPSA) is 88.2 Å². The predicted molar refractivity (Wildman–Crippen MR) is 123 cm³/mol. The molecule has 166 valence electrons. The van der Waals surface area contributed by atoms with Crippen LogP contribution in [0.4, 0.5) is 11.5 Å². The smallest absolute Gasteiger partial charge is 0.229 e. The van der Waals surface area contributed by atoms with Crippen molar-refractivity contribution in [2.45, 2.75) is 32.6 Å². The number of amides is 1. The normalized spacial score (nSPS) is 19.7. The molecule has 8 heteroatoms. The Kier molecular flexibility index (Phi) is 7.37. The molecule has 0 aliphatic carbocycles. The van der Waals surface area contributed by atoms with Gasteiger partial charge in [-0.15, -0.1) is 0 Å². The molecule has 1 atom stereocenters. The zero-order valence-electron chi connectivity index (χ0n) is 17.9. The molecule has 0 bridgehead atoms. The summed E-state index contributed by atoms with van der Waals surface area (Å²) in [5.41, 5.74) is 3.63. The van der Waals surface area contributed by atoms with Crippen LogP contribution < -0.4 is 16.0 Å². The first-order chi connectivity index (χ1) is 15.1. The summed E-state index contributed by atoms with van der Waals surface area (Å²) in [6.45, 7) is 6.24. The van der Waals surface area contributed by atoms with Gasteiger partial charge in [-0.3, -0.25) is 9.78 Å². The van der Waals surface area contributed by atoms with E-state index in [0.29, 0.717) is 23.3 Å². The van der Waals surface area contributed by atoms with Crippen molar-refractivity contribution >= 4 is 29.0 Å². The SMILES string of the molecule is Cc1ncc(-c2cc(NC(=O)[C@@H]3CCCNC3)ncc2Cl)cc1NCC1CCOCC1. The van der Waals surface area contributed by atoms with E-state index in [2.05, 4.69) is 32.0 Å². The highest BCUT2D eigenvalue weighted by atomic mass is 35.5. The van der Waals surface area contributed by atoms with E-state index in [0.717, 1.165) is 74.5 Å². The fourth-order valence-electron chi connectivity index (χ4n) is 4.10. The summed E-state index contributed by atoms with van der Waals surface area (Å²) in [5.74, 6) is 1.08. The number of nitrogens with zero attached hydrogens (tertiary/aromatic N) is 2. The van der Waals surface area contributed by atoms with E-state index >= 15 is 0 Å². The Bertz CT molecular complexity index is 911. The van der Waals surface area contributed by atoms with Crippen molar-refractivity contribution in [3.63, 3.8) is 0 Å². The molecular formula is C23H30ClN5O2. The fraction of sp³-hybridized carbons (Fsp3) is 0.522. The highest BCUT2D eigenvalue weighted by Gasteiger charge is 2.21. The Morgan fingerprint density at radius 1 is 1.23 bits per heavy atom.